The molecule has 1 aromatic carbocycles. The normalized spacial score (nSPS) is 25.5. The van der Waals surface area contributed by atoms with Gasteiger partial charge in [0.2, 0.25) is 0 Å². The summed E-state index contributed by atoms with van der Waals surface area (Å²) in [7, 11) is 0. The number of fused-ring (bicyclic) bond motifs is 1. The van der Waals surface area contributed by atoms with Crippen molar-refractivity contribution >= 4 is 11.9 Å². The Morgan fingerprint density at radius 3 is 2.53 bits per heavy atom. The molecule has 0 aliphatic carbocycles. The number of nitrogens with one attached hydrogen (secondary N) is 2. The zero-order valence-corrected chi connectivity index (χ0v) is 18.0. The van der Waals surface area contributed by atoms with E-state index in [0.717, 1.165) is 12.1 Å². The minimum Gasteiger partial charge on any atom is -0.463 e. The fraction of sp³-hybridized carbons (Fsp3) is 0.545. The second-order valence-electron chi connectivity index (χ2n) is 8.92. The second-order valence-corrected chi connectivity index (χ2v) is 8.92. The van der Waals surface area contributed by atoms with E-state index in [0.29, 0.717) is 12.1 Å². The molecule has 1 saturated heterocycles. The third kappa shape index (κ3) is 4.11. The molecule has 2 heterocycles. The van der Waals surface area contributed by atoms with Gasteiger partial charge in [0, 0.05) is 30.3 Å². The SMILES string of the molecule is CCOC(=O)C1=CN(C(=O)c2ccc(F)c(F)c2)CC(C)(C)C2C1NNC2C(C)C. The summed E-state index contributed by atoms with van der Waals surface area (Å²) in [5.41, 5.74) is 6.48. The highest BCUT2D eigenvalue weighted by atomic mass is 19.2. The van der Waals surface area contributed by atoms with Crippen molar-refractivity contribution in [1.29, 1.82) is 0 Å². The van der Waals surface area contributed by atoms with Crippen LogP contribution in [0.1, 0.15) is 45.0 Å². The van der Waals surface area contributed by atoms with Crippen molar-refractivity contribution in [2.24, 2.45) is 17.3 Å². The third-order valence-electron chi connectivity index (χ3n) is 5.92. The van der Waals surface area contributed by atoms with Gasteiger partial charge in [0.05, 0.1) is 18.2 Å². The van der Waals surface area contributed by atoms with Gasteiger partial charge in [-0.3, -0.25) is 10.2 Å². The first kappa shape index (κ1) is 22.4. The van der Waals surface area contributed by atoms with Crippen LogP contribution in [0.25, 0.3) is 0 Å². The number of esters is 1. The summed E-state index contributed by atoms with van der Waals surface area (Å²) in [6, 6.07) is 2.77. The number of carbonyl (C=O) groups excluding carboxylic acids is 2. The van der Waals surface area contributed by atoms with Gasteiger partial charge in [-0.2, -0.15) is 0 Å². The number of benzene rings is 1. The van der Waals surface area contributed by atoms with Gasteiger partial charge >= 0.3 is 5.97 Å². The Balaban J connectivity index is 2.05. The lowest BCUT2D eigenvalue weighted by Gasteiger charge is -2.39. The largest absolute Gasteiger partial charge is 0.463 e. The molecular weight excluding hydrogens is 392 g/mol. The molecule has 0 radical (unpaired) electrons. The molecule has 1 aromatic rings. The Labute approximate surface area is 175 Å². The number of hydrazine groups is 1. The summed E-state index contributed by atoms with van der Waals surface area (Å²) < 4.78 is 32.3. The zero-order chi connectivity index (χ0) is 22.2. The van der Waals surface area contributed by atoms with Crippen molar-refractivity contribution in [2.45, 2.75) is 46.7 Å². The van der Waals surface area contributed by atoms with E-state index in [1.807, 2.05) is 13.8 Å². The van der Waals surface area contributed by atoms with Gasteiger partial charge < -0.3 is 9.64 Å². The first-order valence-corrected chi connectivity index (χ1v) is 10.2. The molecule has 8 heteroatoms. The van der Waals surface area contributed by atoms with Crippen LogP contribution >= 0.6 is 0 Å². The molecule has 1 amide bonds. The van der Waals surface area contributed by atoms with Crippen LogP contribution in [0.5, 0.6) is 0 Å². The van der Waals surface area contributed by atoms with Crippen LogP contribution in [0.2, 0.25) is 0 Å². The lowest BCUT2D eigenvalue weighted by Crippen LogP contribution is -2.46. The predicted octanol–water partition coefficient (Wildman–Crippen LogP) is 3.01. The molecule has 0 bridgehead atoms. The van der Waals surface area contributed by atoms with Crippen molar-refractivity contribution in [2.75, 3.05) is 13.2 Å². The highest BCUT2D eigenvalue weighted by Gasteiger charge is 2.51. The number of hydrogen-bond donors (Lipinski definition) is 2. The quantitative estimate of drug-likeness (QED) is 0.732. The van der Waals surface area contributed by atoms with Gasteiger partial charge in [-0.15, -0.1) is 0 Å². The van der Waals surface area contributed by atoms with Crippen molar-refractivity contribution in [3.8, 4) is 0 Å². The Kier molecular flexibility index (Phi) is 6.29. The molecule has 0 spiro atoms. The highest BCUT2D eigenvalue weighted by Crippen LogP contribution is 2.42. The standard InChI is InChI=1S/C22H29F2N3O3/c1-6-30-21(29)14-10-27(20(28)13-7-8-15(23)16(24)9-13)11-22(4,5)17-18(12(2)3)25-26-19(14)17/h7-10,12,17-19,25-26H,6,11H2,1-5H3. The molecule has 2 aliphatic heterocycles. The van der Waals surface area contributed by atoms with Gasteiger partial charge in [-0.1, -0.05) is 27.7 Å². The topological polar surface area (TPSA) is 70.7 Å². The Morgan fingerprint density at radius 1 is 1.23 bits per heavy atom. The van der Waals surface area contributed by atoms with E-state index in [9.17, 15) is 18.4 Å². The van der Waals surface area contributed by atoms with Gasteiger partial charge in [-0.05, 0) is 36.5 Å². The van der Waals surface area contributed by atoms with Crippen molar-refractivity contribution < 1.29 is 23.1 Å². The van der Waals surface area contributed by atoms with Crippen LogP contribution in [0.3, 0.4) is 0 Å². The molecular formula is C22H29F2N3O3. The maximum atomic E-state index is 13.7. The Morgan fingerprint density at radius 2 is 1.93 bits per heavy atom. The number of hydrogen-bond acceptors (Lipinski definition) is 5. The van der Waals surface area contributed by atoms with Gasteiger partial charge in [0.15, 0.2) is 11.6 Å². The van der Waals surface area contributed by atoms with E-state index >= 15 is 0 Å². The van der Waals surface area contributed by atoms with E-state index in [1.165, 1.54) is 17.2 Å². The third-order valence-corrected chi connectivity index (χ3v) is 5.92. The van der Waals surface area contributed by atoms with Crippen molar-refractivity contribution in [1.82, 2.24) is 15.8 Å². The molecule has 6 nitrogen and oxygen atoms in total. The molecule has 2 N–H and O–H groups in total. The summed E-state index contributed by atoms with van der Waals surface area (Å²) in [5.74, 6) is -2.84. The molecule has 3 rings (SSSR count). The number of carbonyl (C=O) groups is 2. The summed E-state index contributed by atoms with van der Waals surface area (Å²) in [6.07, 6.45) is 1.49. The second kappa shape index (κ2) is 8.43. The van der Waals surface area contributed by atoms with Gasteiger partial charge in [-0.25, -0.2) is 19.0 Å². The van der Waals surface area contributed by atoms with Crippen LogP contribution in [-0.2, 0) is 9.53 Å². The van der Waals surface area contributed by atoms with E-state index < -0.39 is 28.9 Å². The average Bonchev–Trinajstić information content (AvgIpc) is 3.08. The summed E-state index contributed by atoms with van der Waals surface area (Å²) >= 11 is 0. The van der Waals surface area contributed by atoms with Crippen LogP contribution in [0, 0.1) is 28.9 Å². The molecule has 1 fully saturated rings. The summed E-state index contributed by atoms with van der Waals surface area (Å²) in [4.78, 5) is 27.4. The smallest absolute Gasteiger partial charge is 0.337 e. The minimum atomic E-state index is -1.09. The number of nitrogens with zero attached hydrogens (tertiary/aromatic N) is 1. The number of halogens is 2. The number of amides is 1. The molecule has 0 saturated carbocycles. The van der Waals surface area contributed by atoms with Crippen molar-refractivity contribution in [3.63, 3.8) is 0 Å². The van der Waals surface area contributed by atoms with Crippen LogP contribution in [0.4, 0.5) is 8.78 Å². The first-order chi connectivity index (χ1) is 14.1. The van der Waals surface area contributed by atoms with E-state index in [4.69, 9.17) is 4.74 Å². The number of rotatable bonds is 4. The predicted molar refractivity (Wildman–Crippen MR) is 108 cm³/mol. The molecule has 30 heavy (non-hydrogen) atoms. The number of ether oxygens (including phenoxy) is 1. The maximum absolute atomic E-state index is 13.7. The highest BCUT2D eigenvalue weighted by molar-refractivity contribution is 5.97. The Bertz CT molecular complexity index is 869. The molecule has 164 valence electrons. The summed E-state index contributed by atoms with van der Waals surface area (Å²) in [5, 5.41) is 0. The van der Waals surface area contributed by atoms with E-state index in [1.54, 1.807) is 6.92 Å². The first-order valence-electron chi connectivity index (χ1n) is 10.2. The fourth-order valence-corrected chi connectivity index (χ4v) is 4.52. The average molecular weight is 421 g/mol. The van der Waals surface area contributed by atoms with E-state index in [-0.39, 0.29) is 36.1 Å². The molecule has 3 atom stereocenters. The van der Waals surface area contributed by atoms with Gasteiger partial charge in [0.1, 0.15) is 0 Å². The molecule has 0 aromatic heterocycles. The minimum absolute atomic E-state index is 0.00379. The lowest BCUT2D eigenvalue weighted by molar-refractivity contribution is -0.139. The van der Waals surface area contributed by atoms with Crippen LogP contribution in [0.15, 0.2) is 30.0 Å². The van der Waals surface area contributed by atoms with E-state index in [2.05, 4.69) is 24.7 Å². The Hall–Kier alpha value is -2.32. The monoisotopic (exact) mass is 421 g/mol. The van der Waals surface area contributed by atoms with Crippen LogP contribution in [-0.4, -0.2) is 42.0 Å². The summed E-state index contributed by atoms with van der Waals surface area (Å²) in [6.45, 7) is 10.5. The van der Waals surface area contributed by atoms with Gasteiger partial charge in [0.25, 0.3) is 5.91 Å². The molecule has 3 unspecified atom stereocenters. The van der Waals surface area contributed by atoms with Crippen LogP contribution < -0.4 is 10.9 Å². The zero-order valence-electron chi connectivity index (χ0n) is 18.0. The van der Waals surface area contributed by atoms with Crippen molar-refractivity contribution in [3.05, 3.63) is 47.2 Å². The lowest BCUT2D eigenvalue weighted by atomic mass is 9.68. The molecule has 2 aliphatic rings. The fourth-order valence-electron chi connectivity index (χ4n) is 4.52. The maximum Gasteiger partial charge on any atom is 0.337 e.